The number of nitrogens with zero attached hydrogens (tertiary/aromatic N) is 2. The van der Waals surface area contributed by atoms with E-state index >= 15 is 0 Å². The highest BCUT2D eigenvalue weighted by atomic mass is 16.3. The molecule has 1 aromatic carbocycles. The van der Waals surface area contributed by atoms with Gasteiger partial charge in [-0.2, -0.15) is 0 Å². The van der Waals surface area contributed by atoms with Crippen LogP contribution in [0, 0.1) is 12.3 Å². The largest absolute Gasteiger partial charge is 0.494 e. The van der Waals surface area contributed by atoms with E-state index in [-0.39, 0.29) is 24.2 Å². The lowest BCUT2D eigenvalue weighted by molar-refractivity contribution is -0.120. The van der Waals surface area contributed by atoms with Crippen molar-refractivity contribution in [1.82, 2.24) is 4.57 Å². The molecule has 132 valence electrons. The van der Waals surface area contributed by atoms with Gasteiger partial charge in [-0.1, -0.05) is 12.0 Å². The molecule has 5 nitrogen and oxygen atoms in total. The highest BCUT2D eigenvalue weighted by Crippen LogP contribution is 2.57. The smallest absolute Gasteiger partial charge is 0.238 e. The van der Waals surface area contributed by atoms with Crippen LogP contribution in [0.1, 0.15) is 42.4 Å². The van der Waals surface area contributed by atoms with E-state index in [0.717, 1.165) is 60.9 Å². The van der Waals surface area contributed by atoms with Gasteiger partial charge in [-0.15, -0.1) is 6.42 Å². The molecule has 1 amide bonds. The molecule has 0 bridgehead atoms. The summed E-state index contributed by atoms with van der Waals surface area (Å²) in [6.07, 6.45) is 10.8. The Morgan fingerprint density at radius 1 is 1.12 bits per heavy atom. The molecule has 5 rings (SSSR count). The summed E-state index contributed by atoms with van der Waals surface area (Å²) in [6.45, 7) is 0.233. The average molecular weight is 348 g/mol. The Bertz CT molecular complexity index is 962. The number of carbonyl (C=O) groups excluding carboxylic acids is 1. The van der Waals surface area contributed by atoms with E-state index < -0.39 is 5.41 Å². The molecule has 26 heavy (non-hydrogen) atoms. The number of rotatable bonds is 2. The van der Waals surface area contributed by atoms with Crippen molar-refractivity contribution in [3.05, 3.63) is 34.9 Å². The van der Waals surface area contributed by atoms with Crippen LogP contribution >= 0.6 is 0 Å². The van der Waals surface area contributed by atoms with Crippen molar-refractivity contribution in [2.45, 2.75) is 43.9 Å². The second-order valence-corrected chi connectivity index (χ2v) is 7.53. The Hall–Kier alpha value is -2.87. The molecule has 2 heterocycles. The molecule has 1 aromatic heterocycles. The third kappa shape index (κ3) is 1.79. The fraction of sp³-hybridized carbons (Fsp3) is 0.381. The topological polar surface area (TPSA) is 65.7 Å². The first-order valence-corrected chi connectivity index (χ1v) is 9.13. The maximum atomic E-state index is 12.8. The number of aromatic nitrogens is 1. The van der Waals surface area contributed by atoms with Gasteiger partial charge in [0.25, 0.3) is 0 Å². The van der Waals surface area contributed by atoms with Crippen molar-refractivity contribution < 1.29 is 15.0 Å². The van der Waals surface area contributed by atoms with Crippen LogP contribution in [0.2, 0.25) is 0 Å². The molecule has 0 radical (unpaired) electrons. The van der Waals surface area contributed by atoms with Gasteiger partial charge in [-0.05, 0) is 56.2 Å². The van der Waals surface area contributed by atoms with E-state index in [1.54, 1.807) is 4.90 Å². The first kappa shape index (κ1) is 15.4. The van der Waals surface area contributed by atoms with Crippen molar-refractivity contribution in [2.75, 3.05) is 11.4 Å². The summed E-state index contributed by atoms with van der Waals surface area (Å²) < 4.78 is 1.49. The lowest BCUT2D eigenvalue weighted by Crippen LogP contribution is -2.32. The normalized spacial score (nSPS) is 19.3. The Kier molecular flexibility index (Phi) is 3.00. The summed E-state index contributed by atoms with van der Waals surface area (Å²) >= 11 is 0. The van der Waals surface area contributed by atoms with E-state index in [0.29, 0.717) is 5.69 Å². The number of hydrogen-bond donors (Lipinski definition) is 2. The summed E-state index contributed by atoms with van der Waals surface area (Å²) in [5, 5.41) is 21.4. The second kappa shape index (κ2) is 5.07. The third-order valence-corrected chi connectivity index (χ3v) is 6.13. The van der Waals surface area contributed by atoms with E-state index in [4.69, 9.17) is 6.42 Å². The molecule has 1 fully saturated rings. The van der Waals surface area contributed by atoms with Gasteiger partial charge in [0.2, 0.25) is 17.7 Å². The number of terminal acetylenes is 1. The number of anilines is 1. The van der Waals surface area contributed by atoms with Crippen molar-refractivity contribution in [1.29, 1.82) is 0 Å². The summed E-state index contributed by atoms with van der Waals surface area (Å²) in [5.41, 5.74) is 3.74. The van der Waals surface area contributed by atoms with E-state index in [2.05, 4.69) is 5.92 Å². The molecule has 2 aliphatic carbocycles. The number of amides is 1. The Labute approximate surface area is 151 Å². The predicted octanol–water partition coefficient (Wildman–Crippen LogP) is 2.78. The number of benzene rings is 1. The minimum atomic E-state index is -0.398. The van der Waals surface area contributed by atoms with Gasteiger partial charge in [0, 0.05) is 11.1 Å². The standard InChI is InChI=1S/C21H20N2O3/c1-2-11-22-17-12-13(7-8-16(17)21(9-10-21)20(22)26)23-18(24)14-5-3-4-6-15(14)19(23)25/h1,7-8,12,24-25H,3-6,9-11H2. The molecule has 0 saturated heterocycles. The van der Waals surface area contributed by atoms with Crippen LogP contribution in [0.5, 0.6) is 11.8 Å². The summed E-state index contributed by atoms with van der Waals surface area (Å²) in [5.74, 6) is 2.85. The SMILES string of the molecule is C#CCN1C(=O)C2(CC2)c2ccc(-n3c(O)c4c(c3O)CCCC4)cc21. The quantitative estimate of drug-likeness (QED) is 0.820. The molecule has 2 N–H and O–H groups in total. The van der Waals surface area contributed by atoms with Crippen LogP contribution in [0.25, 0.3) is 5.69 Å². The summed E-state index contributed by atoms with van der Waals surface area (Å²) in [4.78, 5) is 14.5. The Morgan fingerprint density at radius 2 is 1.77 bits per heavy atom. The van der Waals surface area contributed by atoms with Gasteiger partial charge in [0.05, 0.1) is 23.3 Å². The van der Waals surface area contributed by atoms with Gasteiger partial charge in [-0.25, -0.2) is 0 Å². The van der Waals surface area contributed by atoms with Crippen LogP contribution in [0.15, 0.2) is 18.2 Å². The molecule has 2 aromatic rings. The monoisotopic (exact) mass is 348 g/mol. The summed E-state index contributed by atoms with van der Waals surface area (Å²) in [6, 6.07) is 5.68. The average Bonchev–Trinajstić information content (AvgIpc) is 3.38. The van der Waals surface area contributed by atoms with Gasteiger partial charge < -0.3 is 10.2 Å². The van der Waals surface area contributed by atoms with Gasteiger partial charge in [-0.3, -0.25) is 14.3 Å². The summed E-state index contributed by atoms with van der Waals surface area (Å²) in [7, 11) is 0. The molecular weight excluding hydrogens is 328 g/mol. The molecule has 1 spiro atoms. The maximum absolute atomic E-state index is 12.8. The fourth-order valence-electron chi connectivity index (χ4n) is 4.64. The number of carbonyl (C=O) groups is 1. The molecule has 0 unspecified atom stereocenters. The number of hydrogen-bond acceptors (Lipinski definition) is 3. The first-order valence-electron chi connectivity index (χ1n) is 9.13. The lowest BCUT2D eigenvalue weighted by atomic mass is 9.95. The third-order valence-electron chi connectivity index (χ3n) is 6.13. The Morgan fingerprint density at radius 3 is 2.35 bits per heavy atom. The first-order chi connectivity index (χ1) is 12.6. The van der Waals surface area contributed by atoms with Crippen LogP contribution in [0.4, 0.5) is 5.69 Å². The maximum Gasteiger partial charge on any atom is 0.238 e. The molecular formula is C21H20N2O3. The van der Waals surface area contributed by atoms with Gasteiger partial charge in [0.15, 0.2) is 0 Å². The van der Waals surface area contributed by atoms with Crippen molar-refractivity contribution in [2.24, 2.45) is 0 Å². The van der Waals surface area contributed by atoms with Crippen LogP contribution in [-0.4, -0.2) is 27.2 Å². The zero-order valence-electron chi connectivity index (χ0n) is 14.5. The van der Waals surface area contributed by atoms with E-state index in [1.165, 1.54) is 4.57 Å². The molecule has 5 heteroatoms. The number of aromatic hydroxyl groups is 2. The molecule has 0 atom stereocenters. The fourth-order valence-corrected chi connectivity index (χ4v) is 4.64. The van der Waals surface area contributed by atoms with Crippen LogP contribution < -0.4 is 4.90 Å². The second-order valence-electron chi connectivity index (χ2n) is 7.53. The Balaban J connectivity index is 1.67. The highest BCUT2D eigenvalue weighted by Gasteiger charge is 2.59. The minimum Gasteiger partial charge on any atom is -0.494 e. The predicted molar refractivity (Wildman–Crippen MR) is 97.8 cm³/mol. The molecule has 1 saturated carbocycles. The van der Waals surface area contributed by atoms with E-state index in [1.807, 2.05) is 18.2 Å². The van der Waals surface area contributed by atoms with Crippen LogP contribution in [-0.2, 0) is 23.1 Å². The van der Waals surface area contributed by atoms with Gasteiger partial charge in [0.1, 0.15) is 0 Å². The lowest BCUT2D eigenvalue weighted by Gasteiger charge is -2.16. The molecule has 3 aliphatic rings. The van der Waals surface area contributed by atoms with Gasteiger partial charge >= 0.3 is 0 Å². The van der Waals surface area contributed by atoms with Crippen molar-refractivity contribution in [3.8, 4) is 29.8 Å². The van der Waals surface area contributed by atoms with Crippen molar-refractivity contribution >= 4 is 11.6 Å². The van der Waals surface area contributed by atoms with E-state index in [9.17, 15) is 15.0 Å². The van der Waals surface area contributed by atoms with Crippen molar-refractivity contribution in [3.63, 3.8) is 0 Å². The number of fused-ring (bicyclic) bond motifs is 3. The van der Waals surface area contributed by atoms with Crippen LogP contribution in [0.3, 0.4) is 0 Å². The minimum absolute atomic E-state index is 0.0721. The zero-order chi connectivity index (χ0) is 18.1. The zero-order valence-corrected chi connectivity index (χ0v) is 14.5. The highest BCUT2D eigenvalue weighted by molar-refractivity contribution is 6.10. The molecule has 1 aliphatic heterocycles.